The molecule has 1 N–H and O–H groups in total. The van der Waals surface area contributed by atoms with E-state index in [9.17, 15) is 10.1 Å². The molecule has 2 heterocycles. The van der Waals surface area contributed by atoms with Crippen molar-refractivity contribution >= 4 is 22.7 Å². The van der Waals surface area contributed by atoms with Gasteiger partial charge in [0.15, 0.2) is 0 Å². The van der Waals surface area contributed by atoms with E-state index in [0.717, 1.165) is 47.8 Å². The van der Waals surface area contributed by atoms with Crippen molar-refractivity contribution in [2.24, 2.45) is 13.0 Å². The Morgan fingerprint density at radius 2 is 1.94 bits per heavy atom. The number of nitrogens with one attached hydrogen (secondary N) is 1. The van der Waals surface area contributed by atoms with Gasteiger partial charge in [-0.1, -0.05) is 12.1 Å². The number of carbonyl (C=O) groups excluding carboxylic acids is 1. The molecule has 2 aromatic carbocycles. The van der Waals surface area contributed by atoms with Crippen LogP contribution in [0, 0.1) is 17.2 Å². The summed E-state index contributed by atoms with van der Waals surface area (Å²) in [5.74, 6) is 1.16. The van der Waals surface area contributed by atoms with Crippen molar-refractivity contribution in [3.63, 3.8) is 0 Å². The van der Waals surface area contributed by atoms with E-state index in [-0.39, 0.29) is 6.10 Å². The van der Waals surface area contributed by atoms with Crippen LogP contribution in [0.25, 0.3) is 22.2 Å². The number of hydrogen-bond acceptors (Lipinski definition) is 5. The van der Waals surface area contributed by atoms with Gasteiger partial charge in [-0.25, -0.2) is 9.78 Å². The highest BCUT2D eigenvalue weighted by atomic mass is 16.6. The lowest BCUT2D eigenvalue weighted by atomic mass is 10.1. The predicted molar refractivity (Wildman–Crippen MR) is 136 cm³/mol. The molecule has 2 aliphatic rings. The molecule has 1 amide bonds. The Morgan fingerprint density at radius 1 is 1.17 bits per heavy atom. The van der Waals surface area contributed by atoms with Crippen molar-refractivity contribution in [3.8, 4) is 29.1 Å². The first-order valence-electron chi connectivity index (χ1n) is 12.3. The molecule has 2 fully saturated rings. The number of benzene rings is 2. The fraction of sp³-hybridized carbons (Fsp3) is 0.321. The third-order valence-corrected chi connectivity index (χ3v) is 6.97. The summed E-state index contributed by atoms with van der Waals surface area (Å²) >= 11 is 0. The van der Waals surface area contributed by atoms with Crippen LogP contribution in [0.1, 0.15) is 44.2 Å². The van der Waals surface area contributed by atoms with Gasteiger partial charge in [-0.3, -0.25) is 5.32 Å². The second-order valence-corrected chi connectivity index (χ2v) is 9.69. The molecule has 0 spiro atoms. The third kappa shape index (κ3) is 4.17. The van der Waals surface area contributed by atoms with Crippen LogP contribution in [0.4, 0.5) is 10.5 Å². The minimum atomic E-state index is -0.438. The van der Waals surface area contributed by atoms with Crippen LogP contribution in [0.2, 0.25) is 0 Å². The van der Waals surface area contributed by atoms with Gasteiger partial charge in [0.2, 0.25) is 0 Å². The molecule has 2 aromatic heterocycles. The summed E-state index contributed by atoms with van der Waals surface area (Å²) in [7, 11) is 1.88. The summed E-state index contributed by atoms with van der Waals surface area (Å²) in [5, 5.41) is 13.8. The largest absolute Gasteiger partial charge is 0.446 e. The highest BCUT2D eigenvalue weighted by Gasteiger charge is 2.32. The van der Waals surface area contributed by atoms with Crippen LogP contribution in [0.3, 0.4) is 0 Å². The Labute approximate surface area is 209 Å². The number of hydrogen-bond donors (Lipinski definition) is 1. The number of rotatable bonds is 7. The molecule has 182 valence electrons. The number of aryl methyl sites for hydroxylation is 1. The molecule has 0 radical (unpaired) electrons. The van der Waals surface area contributed by atoms with Gasteiger partial charge in [0.25, 0.3) is 0 Å². The van der Waals surface area contributed by atoms with Crippen LogP contribution in [0.5, 0.6) is 11.8 Å². The van der Waals surface area contributed by atoms with Crippen molar-refractivity contribution in [2.75, 3.05) is 5.32 Å². The first-order chi connectivity index (χ1) is 17.5. The lowest BCUT2D eigenvalue weighted by Gasteiger charge is -2.14. The number of aromatic nitrogens is 3. The topological polar surface area (TPSA) is 94.1 Å². The van der Waals surface area contributed by atoms with E-state index in [4.69, 9.17) is 9.47 Å². The molecular formula is C28H27N5O3. The smallest absolute Gasteiger partial charge is 0.411 e. The Morgan fingerprint density at radius 3 is 2.58 bits per heavy atom. The minimum Gasteiger partial charge on any atom is -0.446 e. The molecule has 4 aromatic rings. The van der Waals surface area contributed by atoms with Gasteiger partial charge in [0.1, 0.15) is 17.9 Å². The van der Waals surface area contributed by atoms with Crippen molar-refractivity contribution in [3.05, 3.63) is 60.4 Å². The van der Waals surface area contributed by atoms with Gasteiger partial charge >= 0.3 is 12.1 Å². The lowest BCUT2D eigenvalue weighted by Crippen LogP contribution is -2.21. The summed E-state index contributed by atoms with van der Waals surface area (Å²) in [6.07, 6.45) is 7.39. The highest BCUT2D eigenvalue weighted by molar-refractivity contribution is 5.96. The Hall–Kier alpha value is -4.25. The average Bonchev–Trinajstić information content (AvgIpc) is 3.80. The zero-order chi connectivity index (χ0) is 24.8. The lowest BCUT2D eigenvalue weighted by molar-refractivity contribution is 0.108. The molecule has 36 heavy (non-hydrogen) atoms. The van der Waals surface area contributed by atoms with E-state index < -0.39 is 6.09 Å². The summed E-state index contributed by atoms with van der Waals surface area (Å²) in [5.41, 5.74) is 4.08. The molecule has 8 nitrogen and oxygen atoms in total. The number of amides is 1. The Balaban J connectivity index is 1.32. The maximum Gasteiger partial charge on any atom is 0.411 e. The molecule has 0 bridgehead atoms. The van der Waals surface area contributed by atoms with E-state index in [1.54, 1.807) is 6.20 Å². The van der Waals surface area contributed by atoms with Crippen LogP contribution in [-0.4, -0.2) is 26.3 Å². The number of nitrogens with zero attached hydrogens (tertiary/aromatic N) is 4. The Bertz CT molecular complexity index is 1490. The van der Waals surface area contributed by atoms with Crippen molar-refractivity contribution in [2.45, 2.75) is 44.8 Å². The molecule has 2 saturated carbocycles. The standard InChI is InChI=1S/C28H27N5O3/c1-17(18-3-4-18)35-28(34)31-20-7-5-19(6-8-20)26-24(16-29)23-12-11-22(36-27-30-13-14-32(27)2)15-25(23)33(26)21-9-10-21/h5-8,11-15,17-18,21H,3-4,9-10H2,1-2H3,(H,31,34). The molecule has 1 atom stereocenters. The zero-order valence-electron chi connectivity index (χ0n) is 20.3. The summed E-state index contributed by atoms with van der Waals surface area (Å²) in [6.45, 7) is 1.94. The molecular weight excluding hydrogens is 454 g/mol. The normalized spacial score (nSPS) is 15.9. The van der Waals surface area contributed by atoms with Crippen LogP contribution < -0.4 is 10.1 Å². The van der Waals surface area contributed by atoms with E-state index in [1.165, 1.54) is 0 Å². The van der Waals surface area contributed by atoms with E-state index in [1.807, 2.05) is 67.2 Å². The first-order valence-corrected chi connectivity index (χ1v) is 12.3. The maximum absolute atomic E-state index is 12.2. The van der Waals surface area contributed by atoms with Crippen LogP contribution in [0.15, 0.2) is 54.9 Å². The fourth-order valence-electron chi connectivity index (χ4n) is 4.71. The number of imidazole rings is 1. The van der Waals surface area contributed by atoms with E-state index >= 15 is 0 Å². The van der Waals surface area contributed by atoms with Gasteiger partial charge in [-0.2, -0.15) is 5.26 Å². The van der Waals surface area contributed by atoms with Crippen LogP contribution in [-0.2, 0) is 11.8 Å². The second-order valence-electron chi connectivity index (χ2n) is 9.69. The first kappa shape index (κ1) is 22.2. The molecule has 8 heteroatoms. The maximum atomic E-state index is 12.2. The van der Waals surface area contributed by atoms with Gasteiger partial charge in [-0.05, 0) is 68.4 Å². The quantitative estimate of drug-likeness (QED) is 0.330. The summed E-state index contributed by atoms with van der Waals surface area (Å²) in [6, 6.07) is 16.7. The van der Waals surface area contributed by atoms with Gasteiger partial charge in [-0.15, -0.1) is 0 Å². The monoisotopic (exact) mass is 481 g/mol. The number of nitriles is 1. The average molecular weight is 482 g/mol. The molecule has 2 aliphatic carbocycles. The van der Waals surface area contributed by atoms with E-state index in [0.29, 0.717) is 35.0 Å². The SMILES string of the molecule is CC(OC(=O)Nc1ccc(-c2c(C#N)c3ccc(Oc4nccn4C)cc3n2C2CC2)cc1)C1CC1. The molecule has 6 rings (SSSR count). The number of fused-ring (bicyclic) bond motifs is 1. The summed E-state index contributed by atoms with van der Waals surface area (Å²) < 4.78 is 15.5. The van der Waals surface area contributed by atoms with Crippen molar-refractivity contribution in [1.82, 2.24) is 14.1 Å². The Kier molecular flexibility index (Phi) is 5.41. The second kappa shape index (κ2) is 8.76. The molecule has 0 aliphatic heterocycles. The predicted octanol–water partition coefficient (Wildman–Crippen LogP) is 6.39. The van der Waals surface area contributed by atoms with Gasteiger partial charge < -0.3 is 18.6 Å². The van der Waals surface area contributed by atoms with Gasteiger partial charge in [0, 0.05) is 42.6 Å². The number of anilines is 1. The molecule has 1 unspecified atom stereocenters. The van der Waals surface area contributed by atoms with Crippen molar-refractivity contribution in [1.29, 1.82) is 5.26 Å². The highest BCUT2D eigenvalue weighted by Crippen LogP contribution is 2.45. The molecule has 0 saturated heterocycles. The number of ether oxygens (including phenoxy) is 2. The fourth-order valence-corrected chi connectivity index (χ4v) is 4.71. The number of carbonyl (C=O) groups is 1. The van der Waals surface area contributed by atoms with Crippen LogP contribution >= 0.6 is 0 Å². The van der Waals surface area contributed by atoms with Gasteiger partial charge in [0.05, 0.1) is 16.8 Å². The zero-order valence-corrected chi connectivity index (χ0v) is 20.3. The third-order valence-electron chi connectivity index (χ3n) is 6.97. The summed E-state index contributed by atoms with van der Waals surface area (Å²) in [4.78, 5) is 16.5. The van der Waals surface area contributed by atoms with E-state index in [2.05, 4.69) is 20.9 Å². The minimum absolute atomic E-state index is 0.0667. The van der Waals surface area contributed by atoms with Crippen molar-refractivity contribution < 1.29 is 14.3 Å².